The number of benzene rings is 2. The SMILES string of the molecule is O=C(COc1ccccc1)N1CCCN(C(=O)c2cc(F)ccc2F)CC1. The van der Waals surface area contributed by atoms with Crippen molar-refractivity contribution in [3.8, 4) is 5.75 Å². The minimum atomic E-state index is -0.755. The molecule has 3 rings (SSSR count). The molecule has 142 valence electrons. The number of carbonyl (C=O) groups is 2. The highest BCUT2D eigenvalue weighted by molar-refractivity contribution is 5.94. The number of ether oxygens (including phenoxy) is 1. The summed E-state index contributed by atoms with van der Waals surface area (Å²) < 4.78 is 32.7. The predicted octanol–water partition coefficient (Wildman–Crippen LogP) is 2.72. The van der Waals surface area contributed by atoms with Crippen molar-refractivity contribution >= 4 is 11.8 Å². The summed E-state index contributed by atoms with van der Waals surface area (Å²) in [6.07, 6.45) is 0.555. The summed E-state index contributed by atoms with van der Waals surface area (Å²) in [4.78, 5) is 27.9. The Kier molecular flexibility index (Phi) is 6.01. The molecule has 1 aliphatic rings. The zero-order valence-corrected chi connectivity index (χ0v) is 14.7. The van der Waals surface area contributed by atoms with Crippen LogP contribution in [0.4, 0.5) is 8.78 Å². The summed E-state index contributed by atoms with van der Waals surface area (Å²) in [6, 6.07) is 11.9. The third-order valence-electron chi connectivity index (χ3n) is 4.40. The molecule has 0 spiro atoms. The van der Waals surface area contributed by atoms with E-state index in [4.69, 9.17) is 4.74 Å². The number of rotatable bonds is 4. The molecule has 5 nitrogen and oxygen atoms in total. The highest BCUT2D eigenvalue weighted by Crippen LogP contribution is 2.15. The first-order chi connectivity index (χ1) is 13.0. The average molecular weight is 374 g/mol. The van der Waals surface area contributed by atoms with Crippen LogP contribution in [0, 0.1) is 11.6 Å². The molecule has 2 aromatic rings. The standard InChI is InChI=1S/C20H20F2N2O3/c21-15-7-8-18(22)17(13-15)20(26)24-10-4-9-23(11-12-24)19(25)14-27-16-5-2-1-3-6-16/h1-3,5-8,13H,4,9-12,14H2. The van der Waals surface area contributed by atoms with Crippen LogP contribution in [0.5, 0.6) is 5.75 Å². The Morgan fingerprint density at radius 1 is 0.926 bits per heavy atom. The van der Waals surface area contributed by atoms with Gasteiger partial charge in [-0.15, -0.1) is 0 Å². The second-order valence-corrected chi connectivity index (χ2v) is 6.25. The summed E-state index contributed by atoms with van der Waals surface area (Å²) in [5.74, 6) is -1.55. The van der Waals surface area contributed by atoms with E-state index in [1.165, 1.54) is 4.90 Å². The Balaban J connectivity index is 1.57. The number of carbonyl (C=O) groups excluding carboxylic acids is 2. The van der Waals surface area contributed by atoms with E-state index in [2.05, 4.69) is 0 Å². The van der Waals surface area contributed by atoms with E-state index < -0.39 is 17.5 Å². The quantitative estimate of drug-likeness (QED) is 0.827. The van der Waals surface area contributed by atoms with Gasteiger partial charge >= 0.3 is 0 Å². The van der Waals surface area contributed by atoms with E-state index >= 15 is 0 Å². The summed E-state index contributed by atoms with van der Waals surface area (Å²) in [6.45, 7) is 1.34. The van der Waals surface area contributed by atoms with Gasteiger partial charge in [-0.1, -0.05) is 18.2 Å². The molecule has 0 saturated carbocycles. The van der Waals surface area contributed by atoms with Gasteiger partial charge in [-0.05, 0) is 36.8 Å². The third kappa shape index (κ3) is 4.81. The van der Waals surface area contributed by atoms with Crippen LogP contribution in [-0.4, -0.2) is 54.4 Å². The molecule has 1 aliphatic heterocycles. The van der Waals surface area contributed by atoms with Gasteiger partial charge in [0, 0.05) is 26.2 Å². The molecule has 2 amide bonds. The van der Waals surface area contributed by atoms with E-state index in [9.17, 15) is 18.4 Å². The highest BCUT2D eigenvalue weighted by Gasteiger charge is 2.25. The average Bonchev–Trinajstić information content (AvgIpc) is 2.94. The van der Waals surface area contributed by atoms with Crippen molar-refractivity contribution in [3.63, 3.8) is 0 Å². The molecule has 2 aromatic carbocycles. The summed E-state index contributed by atoms with van der Waals surface area (Å²) in [5.41, 5.74) is -0.290. The lowest BCUT2D eigenvalue weighted by Gasteiger charge is -2.22. The topological polar surface area (TPSA) is 49.9 Å². The number of amides is 2. The molecule has 1 heterocycles. The Morgan fingerprint density at radius 3 is 2.41 bits per heavy atom. The molecule has 1 fully saturated rings. The number of hydrogen-bond acceptors (Lipinski definition) is 3. The van der Waals surface area contributed by atoms with Gasteiger partial charge in [-0.3, -0.25) is 9.59 Å². The maximum absolute atomic E-state index is 13.8. The first-order valence-corrected chi connectivity index (χ1v) is 8.74. The molecule has 0 bridgehead atoms. The summed E-state index contributed by atoms with van der Waals surface area (Å²) >= 11 is 0. The molecular formula is C20H20F2N2O3. The first-order valence-electron chi connectivity index (χ1n) is 8.74. The molecular weight excluding hydrogens is 354 g/mol. The Morgan fingerprint density at radius 2 is 1.63 bits per heavy atom. The van der Waals surface area contributed by atoms with E-state index in [0.717, 1.165) is 18.2 Å². The molecule has 0 radical (unpaired) electrons. The minimum absolute atomic E-state index is 0.0868. The normalized spacial score (nSPS) is 14.6. The van der Waals surface area contributed by atoms with E-state index in [1.807, 2.05) is 18.2 Å². The second kappa shape index (κ2) is 8.62. The number of nitrogens with zero attached hydrogens (tertiary/aromatic N) is 2. The van der Waals surface area contributed by atoms with Crippen molar-refractivity contribution in [3.05, 3.63) is 65.7 Å². The maximum atomic E-state index is 13.8. The molecule has 0 atom stereocenters. The molecule has 0 aliphatic carbocycles. The van der Waals surface area contributed by atoms with Crippen LogP contribution in [0.1, 0.15) is 16.8 Å². The van der Waals surface area contributed by atoms with Gasteiger partial charge in [0.1, 0.15) is 17.4 Å². The van der Waals surface area contributed by atoms with Crippen molar-refractivity contribution < 1.29 is 23.1 Å². The van der Waals surface area contributed by atoms with Gasteiger partial charge in [0.05, 0.1) is 5.56 Å². The van der Waals surface area contributed by atoms with Gasteiger partial charge in [0.15, 0.2) is 6.61 Å². The monoisotopic (exact) mass is 374 g/mol. The van der Waals surface area contributed by atoms with Crippen LogP contribution in [0.3, 0.4) is 0 Å². The molecule has 1 saturated heterocycles. The van der Waals surface area contributed by atoms with Crippen LogP contribution in [-0.2, 0) is 4.79 Å². The Bertz CT molecular complexity index is 814. The molecule has 7 heteroatoms. The first kappa shape index (κ1) is 18.8. The van der Waals surface area contributed by atoms with E-state index in [0.29, 0.717) is 31.8 Å². The lowest BCUT2D eigenvalue weighted by Crippen LogP contribution is -2.39. The maximum Gasteiger partial charge on any atom is 0.260 e. The lowest BCUT2D eigenvalue weighted by atomic mass is 10.1. The fraction of sp³-hybridized carbons (Fsp3) is 0.300. The van der Waals surface area contributed by atoms with Crippen molar-refractivity contribution in [2.75, 3.05) is 32.8 Å². The Labute approximate surface area is 156 Å². The zero-order valence-electron chi connectivity index (χ0n) is 14.7. The van der Waals surface area contributed by atoms with Gasteiger partial charge in [0.2, 0.25) is 0 Å². The minimum Gasteiger partial charge on any atom is -0.484 e. The number of para-hydroxylation sites is 1. The van der Waals surface area contributed by atoms with Crippen LogP contribution in [0.25, 0.3) is 0 Å². The van der Waals surface area contributed by atoms with Crippen molar-refractivity contribution in [2.24, 2.45) is 0 Å². The van der Waals surface area contributed by atoms with Crippen molar-refractivity contribution in [1.82, 2.24) is 9.80 Å². The molecule has 0 N–H and O–H groups in total. The van der Waals surface area contributed by atoms with Gasteiger partial charge in [-0.25, -0.2) is 8.78 Å². The van der Waals surface area contributed by atoms with Crippen molar-refractivity contribution in [2.45, 2.75) is 6.42 Å². The highest BCUT2D eigenvalue weighted by atomic mass is 19.1. The van der Waals surface area contributed by atoms with Gasteiger partial charge in [0.25, 0.3) is 11.8 Å². The fourth-order valence-electron chi connectivity index (χ4n) is 2.95. The van der Waals surface area contributed by atoms with Crippen LogP contribution < -0.4 is 4.74 Å². The third-order valence-corrected chi connectivity index (χ3v) is 4.40. The Hall–Kier alpha value is -2.96. The van der Waals surface area contributed by atoms with Crippen LogP contribution in [0.15, 0.2) is 48.5 Å². The zero-order chi connectivity index (χ0) is 19.2. The van der Waals surface area contributed by atoms with E-state index in [1.54, 1.807) is 17.0 Å². The van der Waals surface area contributed by atoms with Crippen LogP contribution in [0.2, 0.25) is 0 Å². The van der Waals surface area contributed by atoms with Gasteiger partial charge < -0.3 is 14.5 Å². The van der Waals surface area contributed by atoms with Gasteiger partial charge in [-0.2, -0.15) is 0 Å². The fourth-order valence-corrected chi connectivity index (χ4v) is 2.95. The van der Waals surface area contributed by atoms with Crippen molar-refractivity contribution in [1.29, 1.82) is 0 Å². The summed E-state index contributed by atoms with van der Waals surface area (Å²) in [5, 5.41) is 0. The predicted molar refractivity (Wildman–Crippen MR) is 95.4 cm³/mol. The smallest absolute Gasteiger partial charge is 0.260 e. The molecule has 0 unspecified atom stereocenters. The molecule has 27 heavy (non-hydrogen) atoms. The largest absolute Gasteiger partial charge is 0.484 e. The molecule has 0 aromatic heterocycles. The number of halogens is 2. The number of hydrogen-bond donors (Lipinski definition) is 0. The second-order valence-electron chi connectivity index (χ2n) is 6.25. The van der Waals surface area contributed by atoms with E-state index in [-0.39, 0.29) is 24.6 Å². The summed E-state index contributed by atoms with van der Waals surface area (Å²) in [7, 11) is 0. The lowest BCUT2D eigenvalue weighted by molar-refractivity contribution is -0.133. The van der Waals surface area contributed by atoms with Crippen LogP contribution >= 0.6 is 0 Å².